The number of benzene rings is 1. The van der Waals surface area contributed by atoms with Gasteiger partial charge in [-0.2, -0.15) is 5.10 Å². The fraction of sp³-hybridized carbons (Fsp3) is 0.333. The molecule has 2 aromatic rings. The van der Waals surface area contributed by atoms with Crippen LogP contribution in [0.5, 0.6) is 0 Å². The zero-order valence-corrected chi connectivity index (χ0v) is 12.1. The number of rotatable bonds is 5. The number of hydrogen-bond acceptors (Lipinski definition) is 3. The fourth-order valence-electron chi connectivity index (χ4n) is 1.76. The first-order valence-electron chi connectivity index (χ1n) is 6.74. The van der Waals surface area contributed by atoms with Gasteiger partial charge in [-0.3, -0.25) is 4.79 Å². The molecular weight excluding hydrogens is 271 g/mol. The topological polar surface area (TPSA) is 72.9 Å². The van der Waals surface area contributed by atoms with Gasteiger partial charge in [-0.05, 0) is 44.2 Å². The van der Waals surface area contributed by atoms with Crippen LogP contribution in [0.2, 0.25) is 0 Å². The first kappa shape index (κ1) is 15.2. The molecule has 112 valence electrons. The smallest absolute Gasteiger partial charge is 0.239 e. The van der Waals surface area contributed by atoms with Crippen molar-refractivity contribution in [3.05, 3.63) is 48.0 Å². The monoisotopic (exact) mass is 290 g/mol. The maximum atomic E-state index is 12.9. The third-order valence-electron chi connectivity index (χ3n) is 2.99. The van der Waals surface area contributed by atoms with E-state index < -0.39 is 5.54 Å². The number of amides is 1. The average Bonchev–Trinajstić information content (AvgIpc) is 2.87. The van der Waals surface area contributed by atoms with E-state index >= 15 is 0 Å². The summed E-state index contributed by atoms with van der Waals surface area (Å²) in [5, 5.41) is 7.15. The quantitative estimate of drug-likeness (QED) is 0.874. The molecule has 0 radical (unpaired) electrons. The molecule has 0 aliphatic carbocycles. The first-order chi connectivity index (χ1) is 9.86. The molecule has 0 saturated heterocycles. The van der Waals surface area contributed by atoms with Gasteiger partial charge in [0.05, 0.1) is 16.9 Å². The molecular formula is C15H19FN4O. The van der Waals surface area contributed by atoms with Crippen molar-refractivity contribution in [2.75, 3.05) is 6.54 Å². The summed E-state index contributed by atoms with van der Waals surface area (Å²) in [5.41, 5.74) is 6.44. The molecule has 0 unspecified atom stereocenters. The second-order valence-corrected chi connectivity index (χ2v) is 5.46. The van der Waals surface area contributed by atoms with E-state index in [2.05, 4.69) is 10.4 Å². The van der Waals surface area contributed by atoms with Gasteiger partial charge in [0, 0.05) is 19.2 Å². The van der Waals surface area contributed by atoms with E-state index in [9.17, 15) is 9.18 Å². The summed E-state index contributed by atoms with van der Waals surface area (Å²) in [4.78, 5) is 11.6. The molecule has 5 nitrogen and oxygen atoms in total. The van der Waals surface area contributed by atoms with Crippen molar-refractivity contribution >= 4 is 5.91 Å². The molecule has 0 atom stereocenters. The van der Waals surface area contributed by atoms with Crippen LogP contribution in [-0.4, -0.2) is 27.8 Å². The first-order valence-corrected chi connectivity index (χ1v) is 6.74. The summed E-state index contributed by atoms with van der Waals surface area (Å²) in [6.45, 7) is 3.79. The van der Waals surface area contributed by atoms with Crippen molar-refractivity contribution in [1.29, 1.82) is 0 Å². The van der Waals surface area contributed by atoms with E-state index in [-0.39, 0.29) is 11.7 Å². The summed E-state index contributed by atoms with van der Waals surface area (Å²) in [6, 6.07) is 7.96. The van der Waals surface area contributed by atoms with Crippen molar-refractivity contribution in [3.8, 4) is 5.69 Å². The summed E-state index contributed by atoms with van der Waals surface area (Å²) < 4.78 is 14.5. The highest BCUT2D eigenvalue weighted by molar-refractivity contribution is 5.84. The van der Waals surface area contributed by atoms with Crippen LogP contribution >= 0.6 is 0 Å². The number of carbonyl (C=O) groups excluding carboxylic acids is 1. The second-order valence-electron chi connectivity index (χ2n) is 5.46. The summed E-state index contributed by atoms with van der Waals surface area (Å²) in [7, 11) is 0. The third kappa shape index (κ3) is 4.13. The normalized spacial score (nSPS) is 11.4. The van der Waals surface area contributed by atoms with Gasteiger partial charge in [-0.25, -0.2) is 9.07 Å². The van der Waals surface area contributed by atoms with Crippen LogP contribution in [0.15, 0.2) is 36.5 Å². The molecule has 1 amide bonds. The summed E-state index contributed by atoms with van der Waals surface area (Å²) >= 11 is 0. The van der Waals surface area contributed by atoms with E-state index in [4.69, 9.17) is 5.73 Å². The van der Waals surface area contributed by atoms with Crippen molar-refractivity contribution in [2.24, 2.45) is 5.73 Å². The SMILES string of the molecule is CC(C)(N)C(=O)NCCc1ccn(-c2ccc(F)cc2)n1. The van der Waals surface area contributed by atoms with Crippen molar-refractivity contribution in [2.45, 2.75) is 25.8 Å². The van der Waals surface area contributed by atoms with E-state index in [1.165, 1.54) is 12.1 Å². The highest BCUT2D eigenvalue weighted by Crippen LogP contribution is 2.09. The highest BCUT2D eigenvalue weighted by atomic mass is 19.1. The molecule has 0 saturated carbocycles. The lowest BCUT2D eigenvalue weighted by molar-refractivity contribution is -0.125. The Hall–Kier alpha value is -2.21. The number of nitrogens with one attached hydrogen (secondary N) is 1. The van der Waals surface area contributed by atoms with Crippen LogP contribution in [-0.2, 0) is 11.2 Å². The van der Waals surface area contributed by atoms with Gasteiger partial charge in [0.1, 0.15) is 5.82 Å². The molecule has 6 heteroatoms. The molecule has 21 heavy (non-hydrogen) atoms. The van der Waals surface area contributed by atoms with Gasteiger partial charge in [-0.1, -0.05) is 0 Å². The predicted octanol–water partition coefficient (Wildman–Crippen LogP) is 1.41. The van der Waals surface area contributed by atoms with Gasteiger partial charge in [0.2, 0.25) is 5.91 Å². The molecule has 2 rings (SSSR count). The number of aromatic nitrogens is 2. The standard InChI is InChI=1S/C15H19FN4O/c1-15(2,17)14(21)18-9-7-12-8-10-20(19-12)13-5-3-11(16)4-6-13/h3-6,8,10H,7,9,17H2,1-2H3,(H,18,21). The average molecular weight is 290 g/mol. The minimum Gasteiger partial charge on any atom is -0.354 e. The Morgan fingerprint density at radius 2 is 2.00 bits per heavy atom. The number of carbonyl (C=O) groups is 1. The molecule has 0 aliphatic heterocycles. The van der Waals surface area contributed by atoms with E-state index in [1.807, 2.05) is 6.07 Å². The molecule has 0 spiro atoms. The molecule has 1 aromatic carbocycles. The maximum Gasteiger partial charge on any atom is 0.239 e. The van der Waals surface area contributed by atoms with E-state index in [1.54, 1.807) is 36.9 Å². The van der Waals surface area contributed by atoms with Gasteiger partial charge < -0.3 is 11.1 Å². The summed E-state index contributed by atoms with van der Waals surface area (Å²) in [5.74, 6) is -0.473. The van der Waals surface area contributed by atoms with Crippen LogP contribution < -0.4 is 11.1 Å². The van der Waals surface area contributed by atoms with E-state index in [0.717, 1.165) is 11.4 Å². The zero-order chi connectivity index (χ0) is 15.5. The van der Waals surface area contributed by atoms with Crippen LogP contribution in [0.25, 0.3) is 5.69 Å². The molecule has 0 bridgehead atoms. The fourth-order valence-corrected chi connectivity index (χ4v) is 1.76. The zero-order valence-electron chi connectivity index (χ0n) is 12.1. The Kier molecular flexibility index (Phi) is 4.37. The minimum atomic E-state index is -0.881. The lowest BCUT2D eigenvalue weighted by atomic mass is 10.1. The number of hydrogen-bond donors (Lipinski definition) is 2. The Labute approximate surface area is 123 Å². The number of halogens is 1. The van der Waals surface area contributed by atoms with Crippen molar-refractivity contribution < 1.29 is 9.18 Å². The van der Waals surface area contributed by atoms with Crippen molar-refractivity contribution in [3.63, 3.8) is 0 Å². The van der Waals surface area contributed by atoms with Crippen LogP contribution in [0.1, 0.15) is 19.5 Å². The van der Waals surface area contributed by atoms with Gasteiger partial charge in [0.15, 0.2) is 0 Å². The Balaban J connectivity index is 1.92. The summed E-state index contributed by atoms with van der Waals surface area (Å²) in [6.07, 6.45) is 2.41. The van der Waals surface area contributed by atoms with Gasteiger partial charge in [0.25, 0.3) is 0 Å². The number of nitrogens with zero attached hydrogens (tertiary/aromatic N) is 2. The minimum absolute atomic E-state index is 0.194. The predicted molar refractivity (Wildman–Crippen MR) is 78.5 cm³/mol. The Morgan fingerprint density at radius 1 is 1.33 bits per heavy atom. The van der Waals surface area contributed by atoms with Gasteiger partial charge in [-0.15, -0.1) is 0 Å². The highest BCUT2D eigenvalue weighted by Gasteiger charge is 2.20. The second kappa shape index (κ2) is 6.05. The lowest BCUT2D eigenvalue weighted by Crippen LogP contribution is -2.49. The van der Waals surface area contributed by atoms with Crippen LogP contribution in [0, 0.1) is 5.82 Å². The largest absolute Gasteiger partial charge is 0.354 e. The third-order valence-corrected chi connectivity index (χ3v) is 2.99. The Bertz CT molecular complexity index is 613. The maximum absolute atomic E-state index is 12.9. The van der Waals surface area contributed by atoms with Gasteiger partial charge >= 0.3 is 0 Å². The van der Waals surface area contributed by atoms with Crippen LogP contribution in [0.4, 0.5) is 4.39 Å². The number of nitrogens with two attached hydrogens (primary N) is 1. The molecule has 1 aromatic heterocycles. The molecule has 3 N–H and O–H groups in total. The molecule has 1 heterocycles. The molecule has 0 fully saturated rings. The van der Waals surface area contributed by atoms with E-state index in [0.29, 0.717) is 13.0 Å². The van der Waals surface area contributed by atoms with Crippen LogP contribution in [0.3, 0.4) is 0 Å². The lowest BCUT2D eigenvalue weighted by Gasteiger charge is -2.17. The Morgan fingerprint density at radius 3 is 2.62 bits per heavy atom. The van der Waals surface area contributed by atoms with Crippen molar-refractivity contribution in [1.82, 2.24) is 15.1 Å². The molecule has 0 aliphatic rings.